The first-order chi connectivity index (χ1) is 12.4. The Bertz CT molecular complexity index is 923. The molecule has 0 fully saturated rings. The van der Waals surface area contributed by atoms with Gasteiger partial charge >= 0.3 is 0 Å². The molecule has 1 amide bonds. The van der Waals surface area contributed by atoms with Gasteiger partial charge in [-0.05, 0) is 28.7 Å². The van der Waals surface area contributed by atoms with Crippen LogP contribution in [0.1, 0.15) is 37.5 Å². The maximum Gasteiger partial charge on any atom is 0.256 e. The van der Waals surface area contributed by atoms with Gasteiger partial charge in [-0.15, -0.1) is 0 Å². The quantitative estimate of drug-likeness (QED) is 0.788. The lowest BCUT2D eigenvalue weighted by molar-refractivity contribution is -0.122. The second kappa shape index (κ2) is 6.40. The van der Waals surface area contributed by atoms with E-state index < -0.39 is 0 Å². The minimum absolute atomic E-state index is 0.0103. The molecule has 2 aliphatic heterocycles. The number of para-hydroxylation sites is 1. The molecule has 2 heterocycles. The van der Waals surface area contributed by atoms with E-state index in [1.54, 1.807) is 16.7 Å². The van der Waals surface area contributed by atoms with Gasteiger partial charge in [-0.2, -0.15) is 0 Å². The molecule has 132 valence electrons. The minimum Gasteiger partial charge on any atom is -0.272 e. The van der Waals surface area contributed by atoms with E-state index in [9.17, 15) is 4.79 Å². The molecule has 0 aromatic heterocycles. The molecule has 0 saturated heterocycles. The van der Waals surface area contributed by atoms with Crippen molar-refractivity contribution in [1.29, 1.82) is 0 Å². The van der Waals surface area contributed by atoms with Gasteiger partial charge in [0, 0.05) is 11.3 Å². The van der Waals surface area contributed by atoms with Crippen LogP contribution in [0.3, 0.4) is 0 Å². The van der Waals surface area contributed by atoms with Crippen LogP contribution in [-0.2, 0) is 16.0 Å². The number of hydrogen-bond acceptors (Lipinski definition) is 4. The zero-order valence-corrected chi connectivity index (χ0v) is 16.0. The van der Waals surface area contributed by atoms with Crippen LogP contribution in [0.5, 0.6) is 0 Å². The van der Waals surface area contributed by atoms with Gasteiger partial charge < -0.3 is 0 Å². The highest BCUT2D eigenvalue weighted by atomic mass is 32.2. The third-order valence-electron chi connectivity index (χ3n) is 4.57. The molecule has 0 saturated carbocycles. The summed E-state index contributed by atoms with van der Waals surface area (Å²) in [5.74, 6) is 1.48. The second-order valence-corrected chi connectivity index (χ2v) is 8.46. The normalized spacial score (nSPS) is 16.1. The number of amides is 1. The summed E-state index contributed by atoms with van der Waals surface area (Å²) in [7, 11) is 0. The Hall–Kier alpha value is -2.40. The number of hydrogen-bond donors (Lipinski definition) is 0. The van der Waals surface area contributed by atoms with Crippen molar-refractivity contribution < 1.29 is 4.79 Å². The molecule has 0 spiro atoms. The number of nitrogens with zero attached hydrogens (tertiary/aromatic N) is 3. The smallest absolute Gasteiger partial charge is 0.256 e. The topological polar surface area (TPSA) is 45.0 Å². The standard InChI is InChI=1S/C21H21N3OS/c1-21(2,3)15-10-8-14(9-11-15)13-26-20-23-17-7-5-4-6-16(17)19-22-12-18(25)24(19)20/h4-11H,12-13H2,1-3H3. The van der Waals surface area contributed by atoms with Crippen molar-refractivity contribution in [2.75, 3.05) is 6.54 Å². The Labute approximate surface area is 158 Å². The molecule has 26 heavy (non-hydrogen) atoms. The van der Waals surface area contributed by atoms with Gasteiger partial charge in [0.05, 0.1) is 5.69 Å². The summed E-state index contributed by atoms with van der Waals surface area (Å²) in [6, 6.07) is 16.5. The summed E-state index contributed by atoms with van der Waals surface area (Å²) in [5.41, 5.74) is 4.49. The average Bonchev–Trinajstić information content (AvgIpc) is 3.02. The molecule has 2 aromatic carbocycles. The molecule has 0 bridgehead atoms. The van der Waals surface area contributed by atoms with Crippen LogP contribution in [0.15, 0.2) is 58.5 Å². The molecule has 4 nitrogen and oxygen atoms in total. The summed E-state index contributed by atoms with van der Waals surface area (Å²) in [5, 5.41) is 0.713. The number of rotatable bonds is 2. The minimum atomic E-state index is -0.0103. The number of amidine groups is 2. The molecule has 4 rings (SSSR count). The Morgan fingerprint density at radius 3 is 2.54 bits per heavy atom. The number of aliphatic imine (C=N–C) groups is 2. The van der Waals surface area contributed by atoms with Gasteiger partial charge in [-0.25, -0.2) is 9.89 Å². The first kappa shape index (κ1) is 17.0. The van der Waals surface area contributed by atoms with E-state index in [1.807, 2.05) is 24.3 Å². The Morgan fingerprint density at radius 1 is 1.08 bits per heavy atom. The van der Waals surface area contributed by atoms with Crippen molar-refractivity contribution in [1.82, 2.24) is 4.90 Å². The molecular weight excluding hydrogens is 342 g/mol. The van der Waals surface area contributed by atoms with Crippen LogP contribution in [0, 0.1) is 0 Å². The van der Waals surface area contributed by atoms with E-state index in [-0.39, 0.29) is 17.9 Å². The summed E-state index contributed by atoms with van der Waals surface area (Å²) < 4.78 is 0. The van der Waals surface area contributed by atoms with Crippen molar-refractivity contribution in [2.24, 2.45) is 9.98 Å². The van der Waals surface area contributed by atoms with Gasteiger partial charge in [0.2, 0.25) is 0 Å². The zero-order valence-electron chi connectivity index (χ0n) is 15.2. The van der Waals surface area contributed by atoms with Crippen LogP contribution >= 0.6 is 11.8 Å². The number of carbonyl (C=O) groups excluding carboxylic acids is 1. The van der Waals surface area contributed by atoms with E-state index in [1.165, 1.54) is 11.1 Å². The fraction of sp³-hybridized carbons (Fsp3) is 0.286. The molecule has 0 aliphatic carbocycles. The molecule has 5 heteroatoms. The van der Waals surface area contributed by atoms with E-state index in [0.29, 0.717) is 5.17 Å². The largest absolute Gasteiger partial charge is 0.272 e. The summed E-state index contributed by atoms with van der Waals surface area (Å²) >= 11 is 1.58. The molecule has 2 aliphatic rings. The lowest BCUT2D eigenvalue weighted by Crippen LogP contribution is -2.39. The Morgan fingerprint density at radius 2 is 1.81 bits per heavy atom. The van der Waals surface area contributed by atoms with Gasteiger partial charge in [-0.3, -0.25) is 9.79 Å². The van der Waals surface area contributed by atoms with Gasteiger partial charge in [0.1, 0.15) is 12.4 Å². The predicted octanol–water partition coefficient (Wildman–Crippen LogP) is 4.51. The maximum atomic E-state index is 12.3. The summed E-state index contributed by atoms with van der Waals surface area (Å²) in [6.45, 7) is 6.84. The van der Waals surface area contributed by atoms with Crippen molar-refractivity contribution in [2.45, 2.75) is 31.9 Å². The monoisotopic (exact) mass is 363 g/mol. The van der Waals surface area contributed by atoms with Crippen molar-refractivity contribution in [3.8, 4) is 0 Å². The van der Waals surface area contributed by atoms with Gasteiger partial charge in [0.15, 0.2) is 5.17 Å². The highest BCUT2D eigenvalue weighted by Crippen LogP contribution is 2.33. The van der Waals surface area contributed by atoms with Gasteiger partial charge in [-0.1, -0.05) is 68.9 Å². The molecule has 0 atom stereocenters. The molecule has 0 radical (unpaired) electrons. The highest BCUT2D eigenvalue weighted by Gasteiger charge is 2.35. The summed E-state index contributed by atoms with van der Waals surface area (Å²) in [4.78, 5) is 23.1. The second-order valence-electron chi connectivity index (χ2n) is 7.52. The maximum absolute atomic E-state index is 12.3. The van der Waals surface area contributed by atoms with E-state index in [0.717, 1.165) is 22.8 Å². The molecule has 2 aromatic rings. The van der Waals surface area contributed by atoms with E-state index in [4.69, 9.17) is 4.99 Å². The lowest BCUT2D eigenvalue weighted by Gasteiger charge is -2.25. The van der Waals surface area contributed by atoms with Crippen LogP contribution in [0.2, 0.25) is 0 Å². The number of fused-ring (bicyclic) bond motifs is 3. The fourth-order valence-corrected chi connectivity index (χ4v) is 4.03. The molecular formula is C21H21N3OS. The van der Waals surface area contributed by atoms with Crippen LogP contribution in [-0.4, -0.2) is 28.4 Å². The molecule has 0 N–H and O–H groups in total. The van der Waals surface area contributed by atoms with Crippen LogP contribution in [0.25, 0.3) is 0 Å². The first-order valence-electron chi connectivity index (χ1n) is 8.71. The number of carbonyl (C=O) groups is 1. The van der Waals surface area contributed by atoms with Crippen molar-refractivity contribution >= 4 is 34.4 Å². The third-order valence-corrected chi connectivity index (χ3v) is 5.58. The van der Waals surface area contributed by atoms with E-state index in [2.05, 4.69) is 50.0 Å². The van der Waals surface area contributed by atoms with Crippen molar-refractivity contribution in [3.05, 3.63) is 65.2 Å². The number of benzene rings is 2. The highest BCUT2D eigenvalue weighted by molar-refractivity contribution is 8.13. The van der Waals surface area contributed by atoms with Crippen molar-refractivity contribution in [3.63, 3.8) is 0 Å². The lowest BCUT2D eigenvalue weighted by atomic mass is 9.87. The zero-order chi connectivity index (χ0) is 18.3. The third kappa shape index (κ3) is 3.07. The molecule has 0 unspecified atom stereocenters. The van der Waals surface area contributed by atoms with Crippen LogP contribution in [0.4, 0.5) is 5.69 Å². The van der Waals surface area contributed by atoms with Crippen LogP contribution < -0.4 is 0 Å². The fourth-order valence-electron chi connectivity index (χ4n) is 3.06. The SMILES string of the molecule is CC(C)(C)c1ccc(CSC2=Nc3ccccc3C3=NCC(=O)N23)cc1. The summed E-state index contributed by atoms with van der Waals surface area (Å²) in [6.07, 6.45) is 0. The Kier molecular flexibility index (Phi) is 4.19. The van der Waals surface area contributed by atoms with E-state index >= 15 is 0 Å². The van der Waals surface area contributed by atoms with Gasteiger partial charge in [0.25, 0.3) is 5.91 Å². The first-order valence-corrected chi connectivity index (χ1v) is 9.70. The average molecular weight is 363 g/mol. The number of thioether (sulfide) groups is 1. The predicted molar refractivity (Wildman–Crippen MR) is 108 cm³/mol. The Balaban J connectivity index is 1.57.